The van der Waals surface area contributed by atoms with Crippen LogP contribution in [0.5, 0.6) is 0 Å². The van der Waals surface area contributed by atoms with Crippen LogP contribution in [0.15, 0.2) is 40.3 Å². The summed E-state index contributed by atoms with van der Waals surface area (Å²) in [6.07, 6.45) is 0. The molecule has 8 heteroatoms. The Hall–Kier alpha value is -3.47. The van der Waals surface area contributed by atoms with Gasteiger partial charge in [-0.05, 0) is 13.0 Å². The molecular weight excluding hydrogens is 312 g/mol. The van der Waals surface area contributed by atoms with Gasteiger partial charge in [0.1, 0.15) is 11.6 Å². The summed E-state index contributed by atoms with van der Waals surface area (Å²) in [7, 11) is 1.41. The smallest absolute Gasteiger partial charge is 0.359 e. The van der Waals surface area contributed by atoms with Crippen molar-refractivity contribution in [1.82, 2.24) is 9.78 Å². The van der Waals surface area contributed by atoms with E-state index in [0.717, 1.165) is 4.68 Å². The fourth-order valence-electron chi connectivity index (χ4n) is 2.09. The Morgan fingerprint density at radius 3 is 2.54 bits per heavy atom. The number of nitrogens with zero attached hydrogens (tertiary/aromatic N) is 3. The molecule has 0 saturated carbocycles. The van der Waals surface area contributed by atoms with Crippen LogP contribution in [-0.4, -0.2) is 28.1 Å². The molecule has 1 aromatic carbocycles. The highest BCUT2D eigenvalue weighted by atomic mass is 16.5. The van der Waals surface area contributed by atoms with E-state index in [9.17, 15) is 14.4 Å². The first-order valence-corrected chi connectivity index (χ1v) is 6.89. The highest BCUT2D eigenvalue weighted by Gasteiger charge is 2.19. The minimum atomic E-state index is -0.873. The largest absolute Gasteiger partial charge is 0.452 e. The van der Waals surface area contributed by atoms with E-state index in [-0.39, 0.29) is 22.5 Å². The second-order valence-electron chi connectivity index (χ2n) is 4.99. The Morgan fingerprint density at radius 2 is 1.96 bits per heavy atom. The van der Waals surface area contributed by atoms with E-state index in [1.807, 2.05) is 0 Å². The number of nitrogens with two attached hydrogens (primary N) is 1. The summed E-state index contributed by atoms with van der Waals surface area (Å²) in [5, 5.41) is 13.4. The number of benzene rings is 1. The molecule has 0 radical (unpaired) electrons. The fraction of sp³-hybridized carbons (Fsp3) is 0.188. The van der Waals surface area contributed by atoms with E-state index in [4.69, 9.17) is 15.7 Å². The number of esters is 1. The Labute approximate surface area is 136 Å². The molecule has 1 aromatic heterocycles. The number of carbonyl (C=O) groups excluding carboxylic acids is 2. The molecule has 0 bridgehead atoms. The molecule has 0 amide bonds. The van der Waals surface area contributed by atoms with Crippen molar-refractivity contribution < 1.29 is 14.3 Å². The Kier molecular flexibility index (Phi) is 4.75. The zero-order valence-electron chi connectivity index (χ0n) is 13.1. The molecule has 122 valence electrons. The summed E-state index contributed by atoms with van der Waals surface area (Å²) in [5.74, 6) is -1.58. The number of ether oxygens (including phenoxy) is 1. The van der Waals surface area contributed by atoms with Gasteiger partial charge in [-0.15, -0.1) is 0 Å². The highest BCUT2D eigenvalue weighted by molar-refractivity contribution is 6.05. The molecule has 2 N–H and O–H groups in total. The lowest BCUT2D eigenvalue weighted by Gasteiger charge is -2.08. The predicted octanol–water partition coefficient (Wildman–Crippen LogP) is 0.416. The van der Waals surface area contributed by atoms with Crippen LogP contribution in [0.4, 0.5) is 0 Å². The number of nitriles is 1. The van der Waals surface area contributed by atoms with Crippen molar-refractivity contribution >= 4 is 22.5 Å². The van der Waals surface area contributed by atoms with Crippen molar-refractivity contribution in [3.63, 3.8) is 0 Å². The van der Waals surface area contributed by atoms with Crippen molar-refractivity contribution in [2.75, 3.05) is 6.61 Å². The third kappa shape index (κ3) is 3.15. The Bertz CT molecular complexity index is 962. The summed E-state index contributed by atoms with van der Waals surface area (Å²) in [5.41, 5.74) is 4.76. The van der Waals surface area contributed by atoms with E-state index < -0.39 is 18.4 Å². The third-order valence-corrected chi connectivity index (χ3v) is 3.27. The minimum absolute atomic E-state index is 0.0456. The normalized spacial score (nSPS) is 11.5. The van der Waals surface area contributed by atoms with Crippen molar-refractivity contribution in [2.24, 2.45) is 12.8 Å². The summed E-state index contributed by atoms with van der Waals surface area (Å²) < 4.78 is 5.94. The lowest BCUT2D eigenvalue weighted by molar-refractivity contribution is -0.118. The number of hydrogen-bond acceptors (Lipinski definition) is 7. The van der Waals surface area contributed by atoms with E-state index >= 15 is 0 Å². The van der Waals surface area contributed by atoms with Crippen LogP contribution in [0.3, 0.4) is 0 Å². The molecule has 0 aliphatic rings. The number of hydrogen-bond donors (Lipinski definition) is 1. The SMILES string of the molecule is C/C(N)=C(\C#N)C(=O)COC(=O)c1nn(C)c(=O)c2ccccc12. The summed E-state index contributed by atoms with van der Waals surface area (Å²) in [6, 6.07) is 8.11. The molecule has 2 rings (SSSR count). The van der Waals surface area contributed by atoms with Gasteiger partial charge >= 0.3 is 5.97 Å². The van der Waals surface area contributed by atoms with Gasteiger partial charge in [-0.1, -0.05) is 18.2 Å². The molecule has 0 spiro atoms. The molecule has 1 heterocycles. The third-order valence-electron chi connectivity index (χ3n) is 3.27. The van der Waals surface area contributed by atoms with Crippen LogP contribution < -0.4 is 11.3 Å². The van der Waals surface area contributed by atoms with Gasteiger partial charge in [0.2, 0.25) is 5.78 Å². The van der Waals surface area contributed by atoms with Gasteiger partial charge in [-0.2, -0.15) is 10.4 Å². The lowest BCUT2D eigenvalue weighted by Crippen LogP contribution is -2.25. The minimum Gasteiger partial charge on any atom is -0.452 e. The molecule has 2 aromatic rings. The van der Waals surface area contributed by atoms with Gasteiger partial charge in [-0.25, -0.2) is 9.48 Å². The fourth-order valence-corrected chi connectivity index (χ4v) is 2.09. The quantitative estimate of drug-likeness (QED) is 0.489. The lowest BCUT2D eigenvalue weighted by atomic mass is 10.1. The zero-order chi connectivity index (χ0) is 17.9. The molecule has 0 saturated heterocycles. The number of Topliss-reactive ketones (excluding diaryl/α,β-unsaturated/α-hetero) is 1. The molecule has 0 fully saturated rings. The average Bonchev–Trinajstić information content (AvgIpc) is 2.56. The van der Waals surface area contributed by atoms with Gasteiger partial charge in [0.25, 0.3) is 5.56 Å². The van der Waals surface area contributed by atoms with E-state index in [2.05, 4.69) is 5.10 Å². The number of aryl methyl sites for hydroxylation is 1. The van der Waals surface area contributed by atoms with Gasteiger partial charge < -0.3 is 10.5 Å². The van der Waals surface area contributed by atoms with Crippen molar-refractivity contribution in [2.45, 2.75) is 6.92 Å². The van der Waals surface area contributed by atoms with Crippen LogP contribution in [0.25, 0.3) is 10.8 Å². The maximum absolute atomic E-state index is 12.2. The second-order valence-corrected chi connectivity index (χ2v) is 4.99. The monoisotopic (exact) mass is 326 g/mol. The Balaban J connectivity index is 2.32. The van der Waals surface area contributed by atoms with Crippen molar-refractivity contribution in [3.8, 4) is 6.07 Å². The number of carbonyl (C=O) groups is 2. The number of ketones is 1. The molecule has 0 atom stereocenters. The van der Waals surface area contributed by atoms with Gasteiger partial charge in [0.05, 0.1) is 5.39 Å². The summed E-state index contributed by atoms with van der Waals surface area (Å²) in [4.78, 5) is 36.1. The molecule has 0 unspecified atom stereocenters. The first-order valence-electron chi connectivity index (χ1n) is 6.89. The van der Waals surface area contributed by atoms with Gasteiger partial charge in [0.15, 0.2) is 12.3 Å². The highest BCUT2D eigenvalue weighted by Crippen LogP contribution is 2.14. The number of fused-ring (bicyclic) bond motifs is 1. The molecule has 8 nitrogen and oxygen atoms in total. The van der Waals surface area contributed by atoms with Gasteiger partial charge in [-0.3, -0.25) is 9.59 Å². The molecular formula is C16H14N4O4. The number of rotatable bonds is 4. The van der Waals surface area contributed by atoms with E-state index in [0.29, 0.717) is 10.8 Å². The summed E-state index contributed by atoms with van der Waals surface area (Å²) in [6.45, 7) is 0.759. The van der Waals surface area contributed by atoms with Crippen LogP contribution >= 0.6 is 0 Å². The second kappa shape index (κ2) is 6.75. The van der Waals surface area contributed by atoms with E-state index in [1.54, 1.807) is 30.3 Å². The summed E-state index contributed by atoms with van der Waals surface area (Å²) >= 11 is 0. The first kappa shape index (κ1) is 16.9. The Morgan fingerprint density at radius 1 is 1.33 bits per heavy atom. The van der Waals surface area contributed by atoms with Crippen LogP contribution in [-0.2, 0) is 16.6 Å². The first-order chi connectivity index (χ1) is 11.4. The zero-order valence-corrected chi connectivity index (χ0v) is 13.1. The van der Waals surface area contributed by atoms with Crippen LogP contribution in [0, 0.1) is 11.3 Å². The average molecular weight is 326 g/mol. The van der Waals surface area contributed by atoms with Crippen molar-refractivity contribution in [1.29, 1.82) is 5.26 Å². The molecule has 24 heavy (non-hydrogen) atoms. The van der Waals surface area contributed by atoms with Crippen LogP contribution in [0.1, 0.15) is 17.4 Å². The maximum atomic E-state index is 12.2. The molecule has 0 aliphatic carbocycles. The standard InChI is InChI=1S/C16H14N4O4/c1-9(18)12(7-17)13(21)8-24-16(23)14-10-5-3-4-6-11(10)15(22)20(2)19-14/h3-6H,8,18H2,1-2H3/b12-9-. The number of aromatic nitrogens is 2. The topological polar surface area (TPSA) is 128 Å². The predicted molar refractivity (Wildman–Crippen MR) is 84.8 cm³/mol. The van der Waals surface area contributed by atoms with Crippen LogP contribution in [0.2, 0.25) is 0 Å². The van der Waals surface area contributed by atoms with Gasteiger partial charge in [0, 0.05) is 18.1 Å². The molecule has 0 aliphatic heterocycles. The van der Waals surface area contributed by atoms with E-state index in [1.165, 1.54) is 14.0 Å². The number of allylic oxidation sites excluding steroid dienone is 1. The maximum Gasteiger partial charge on any atom is 0.359 e. The van der Waals surface area contributed by atoms with Crippen molar-refractivity contribution in [3.05, 3.63) is 51.6 Å².